The second kappa shape index (κ2) is 8.92. The fraction of sp³-hybridized carbons (Fsp3) is 0.600. The van der Waals surface area contributed by atoms with Crippen LogP contribution in [0.25, 0.3) is 0 Å². The highest BCUT2D eigenvalue weighted by molar-refractivity contribution is 5.13. The lowest BCUT2D eigenvalue weighted by atomic mass is 9.99. The normalized spacial score (nSPS) is 30.2. The zero-order chi connectivity index (χ0) is 17.6. The van der Waals surface area contributed by atoms with Crippen LogP contribution in [-0.4, -0.2) is 48.5 Å². The van der Waals surface area contributed by atoms with Crippen LogP contribution < -0.4 is 0 Å². The predicted molar refractivity (Wildman–Crippen MR) is 94.0 cm³/mol. The van der Waals surface area contributed by atoms with Crippen molar-refractivity contribution in [1.29, 1.82) is 0 Å². The van der Waals surface area contributed by atoms with Crippen LogP contribution in [0.3, 0.4) is 0 Å². The summed E-state index contributed by atoms with van der Waals surface area (Å²) in [6.45, 7) is 4.73. The van der Waals surface area contributed by atoms with Crippen LogP contribution in [0.4, 0.5) is 0 Å². The minimum Gasteiger partial charge on any atom is -0.388 e. The van der Waals surface area contributed by atoms with Gasteiger partial charge in [-0.15, -0.1) is 0 Å². The Morgan fingerprint density at radius 3 is 2.68 bits per heavy atom. The summed E-state index contributed by atoms with van der Waals surface area (Å²) in [6.07, 6.45) is 4.30. The van der Waals surface area contributed by atoms with Crippen molar-refractivity contribution in [2.24, 2.45) is 0 Å². The fourth-order valence-corrected chi connectivity index (χ4v) is 3.17. The van der Waals surface area contributed by atoms with Gasteiger partial charge in [0.2, 0.25) is 0 Å². The Morgan fingerprint density at radius 2 is 1.92 bits per heavy atom. The van der Waals surface area contributed by atoms with Gasteiger partial charge in [-0.1, -0.05) is 42.5 Å². The lowest BCUT2D eigenvalue weighted by Gasteiger charge is -2.40. The van der Waals surface area contributed by atoms with Gasteiger partial charge in [0.15, 0.2) is 6.29 Å². The molecule has 2 heterocycles. The summed E-state index contributed by atoms with van der Waals surface area (Å²) < 4.78 is 23.3. The third-order valence-corrected chi connectivity index (χ3v) is 4.39. The first-order valence-electron chi connectivity index (χ1n) is 9.06. The van der Waals surface area contributed by atoms with Gasteiger partial charge in [0, 0.05) is 6.42 Å². The van der Waals surface area contributed by atoms with E-state index in [4.69, 9.17) is 18.9 Å². The molecule has 5 nitrogen and oxygen atoms in total. The van der Waals surface area contributed by atoms with Crippen LogP contribution in [0, 0.1) is 0 Å². The molecule has 0 unspecified atom stereocenters. The van der Waals surface area contributed by atoms with Gasteiger partial charge in [-0.2, -0.15) is 0 Å². The smallest absolute Gasteiger partial charge is 0.158 e. The molecule has 0 radical (unpaired) electrons. The van der Waals surface area contributed by atoms with Gasteiger partial charge in [-0.25, -0.2) is 0 Å². The van der Waals surface area contributed by atoms with Gasteiger partial charge in [0.1, 0.15) is 18.3 Å². The predicted octanol–water partition coefficient (Wildman–Crippen LogP) is 2.82. The molecular formula is C20H28O5. The van der Waals surface area contributed by atoms with Crippen LogP contribution in [0.2, 0.25) is 0 Å². The van der Waals surface area contributed by atoms with Crippen molar-refractivity contribution in [3.05, 3.63) is 48.0 Å². The lowest BCUT2D eigenvalue weighted by Crippen LogP contribution is -2.47. The number of aliphatic hydroxyl groups is 1. The third kappa shape index (κ3) is 5.36. The summed E-state index contributed by atoms with van der Waals surface area (Å²) in [5.41, 5.74) is 1.09. The van der Waals surface area contributed by atoms with Crippen molar-refractivity contribution in [3.63, 3.8) is 0 Å². The molecule has 2 aliphatic rings. The third-order valence-electron chi connectivity index (χ3n) is 4.39. The first kappa shape index (κ1) is 18.5. The molecule has 1 N–H and O–H groups in total. The molecule has 25 heavy (non-hydrogen) atoms. The zero-order valence-electron chi connectivity index (χ0n) is 14.9. The Morgan fingerprint density at radius 1 is 1.12 bits per heavy atom. The van der Waals surface area contributed by atoms with E-state index in [0.29, 0.717) is 6.61 Å². The van der Waals surface area contributed by atoms with Crippen LogP contribution in [0.5, 0.6) is 0 Å². The maximum Gasteiger partial charge on any atom is 0.158 e. The summed E-state index contributed by atoms with van der Waals surface area (Å²) in [4.78, 5) is 0. The molecule has 0 amide bonds. The van der Waals surface area contributed by atoms with Crippen molar-refractivity contribution in [1.82, 2.24) is 0 Å². The Labute approximate surface area is 149 Å². The van der Waals surface area contributed by atoms with E-state index in [9.17, 15) is 5.11 Å². The SMILES string of the molecule is CC(C)O[C@@H]1CC[C@@H]2O[C@@H]([C@@H](O)COCc3ccccc3)C=C[C@H]2O1. The monoisotopic (exact) mass is 348 g/mol. The van der Waals surface area contributed by atoms with Crippen LogP contribution in [0.1, 0.15) is 32.3 Å². The molecule has 1 aromatic rings. The van der Waals surface area contributed by atoms with Crippen LogP contribution in [-0.2, 0) is 25.6 Å². The number of rotatable bonds is 7. The van der Waals surface area contributed by atoms with Gasteiger partial charge in [0.25, 0.3) is 0 Å². The van der Waals surface area contributed by atoms with E-state index in [-0.39, 0.29) is 37.3 Å². The first-order valence-corrected chi connectivity index (χ1v) is 9.06. The topological polar surface area (TPSA) is 57.2 Å². The number of hydrogen-bond donors (Lipinski definition) is 1. The van der Waals surface area contributed by atoms with Crippen molar-refractivity contribution < 1.29 is 24.1 Å². The summed E-state index contributed by atoms with van der Waals surface area (Å²) in [6, 6.07) is 9.92. The van der Waals surface area contributed by atoms with Gasteiger partial charge in [0.05, 0.1) is 25.4 Å². The minimum absolute atomic E-state index is 0.0363. The van der Waals surface area contributed by atoms with E-state index in [1.807, 2.05) is 56.3 Å². The first-order chi connectivity index (χ1) is 12.1. The number of ether oxygens (including phenoxy) is 4. The maximum atomic E-state index is 10.3. The number of fused-ring (bicyclic) bond motifs is 1. The molecule has 5 atom stereocenters. The molecule has 3 rings (SSSR count). The zero-order valence-corrected chi connectivity index (χ0v) is 14.9. The molecule has 0 aromatic heterocycles. The summed E-state index contributed by atoms with van der Waals surface area (Å²) in [7, 11) is 0. The molecule has 0 bridgehead atoms. The molecule has 1 fully saturated rings. The molecule has 0 aliphatic carbocycles. The molecule has 2 aliphatic heterocycles. The number of benzene rings is 1. The Hall–Kier alpha value is -1.24. The summed E-state index contributed by atoms with van der Waals surface area (Å²) in [5.74, 6) is 0. The van der Waals surface area contributed by atoms with E-state index >= 15 is 0 Å². The molecular weight excluding hydrogens is 320 g/mol. The summed E-state index contributed by atoms with van der Waals surface area (Å²) in [5, 5.41) is 10.3. The van der Waals surface area contributed by atoms with Crippen LogP contribution in [0.15, 0.2) is 42.5 Å². The fourth-order valence-electron chi connectivity index (χ4n) is 3.17. The molecule has 0 spiro atoms. The maximum absolute atomic E-state index is 10.3. The quantitative estimate of drug-likeness (QED) is 0.768. The average Bonchev–Trinajstić information content (AvgIpc) is 2.61. The van der Waals surface area contributed by atoms with Gasteiger partial charge < -0.3 is 24.1 Å². The van der Waals surface area contributed by atoms with Gasteiger partial charge in [-0.05, 0) is 25.8 Å². The largest absolute Gasteiger partial charge is 0.388 e. The highest BCUT2D eigenvalue weighted by Gasteiger charge is 2.36. The lowest BCUT2D eigenvalue weighted by molar-refractivity contribution is -0.242. The molecule has 138 valence electrons. The van der Waals surface area contributed by atoms with Gasteiger partial charge >= 0.3 is 0 Å². The highest BCUT2D eigenvalue weighted by Crippen LogP contribution is 2.29. The van der Waals surface area contributed by atoms with E-state index < -0.39 is 6.10 Å². The van der Waals surface area contributed by atoms with E-state index in [1.165, 1.54) is 0 Å². The molecule has 1 aromatic carbocycles. The van der Waals surface area contributed by atoms with Crippen molar-refractivity contribution >= 4 is 0 Å². The molecule has 5 heteroatoms. The van der Waals surface area contributed by atoms with Crippen molar-refractivity contribution in [3.8, 4) is 0 Å². The second-order valence-corrected chi connectivity index (χ2v) is 6.88. The van der Waals surface area contributed by atoms with E-state index in [2.05, 4.69) is 0 Å². The Balaban J connectivity index is 1.45. The Bertz CT molecular complexity index is 544. The average molecular weight is 348 g/mol. The minimum atomic E-state index is -0.689. The van der Waals surface area contributed by atoms with Crippen molar-refractivity contribution in [2.45, 2.75) is 70.1 Å². The number of aliphatic hydroxyl groups excluding tert-OH is 1. The van der Waals surface area contributed by atoms with Crippen LogP contribution >= 0.6 is 0 Å². The standard InChI is InChI=1S/C20H28O5/c1-14(2)23-20-11-10-18-19(25-20)9-8-17(24-18)16(21)13-22-12-15-6-4-3-5-7-15/h3-9,14,16-21H,10-13H2,1-2H3/t16-,17+,18-,19+,20-/m0/s1. The van der Waals surface area contributed by atoms with Gasteiger partial charge in [-0.3, -0.25) is 0 Å². The number of hydrogen-bond acceptors (Lipinski definition) is 5. The van der Waals surface area contributed by atoms with Crippen molar-refractivity contribution in [2.75, 3.05) is 6.61 Å². The Kier molecular flexibility index (Phi) is 6.62. The molecule has 1 saturated heterocycles. The second-order valence-electron chi connectivity index (χ2n) is 6.88. The molecule has 0 saturated carbocycles. The summed E-state index contributed by atoms with van der Waals surface area (Å²) >= 11 is 0. The van der Waals surface area contributed by atoms with E-state index in [1.54, 1.807) is 0 Å². The highest BCUT2D eigenvalue weighted by atomic mass is 16.7. The van der Waals surface area contributed by atoms with E-state index in [0.717, 1.165) is 18.4 Å².